The number of amides is 4. The molecule has 0 radical (unpaired) electrons. The smallest absolute Gasteiger partial charge is 0.305 e. The summed E-state index contributed by atoms with van der Waals surface area (Å²) in [6, 6.07) is 4.30. The minimum atomic E-state index is -0.968. The maximum absolute atomic E-state index is 13.2. The number of rotatable bonds is 7. The summed E-state index contributed by atoms with van der Waals surface area (Å²) in [5, 5.41) is 13.0. The third-order valence-electron chi connectivity index (χ3n) is 8.75. The van der Waals surface area contributed by atoms with Crippen molar-refractivity contribution in [3.05, 3.63) is 51.8 Å². The molecule has 4 amide bonds. The van der Waals surface area contributed by atoms with Crippen molar-refractivity contribution in [3.63, 3.8) is 0 Å². The molecule has 1 atom stereocenters. The van der Waals surface area contributed by atoms with Crippen molar-refractivity contribution < 1.29 is 24.1 Å². The van der Waals surface area contributed by atoms with Gasteiger partial charge in [-0.05, 0) is 56.3 Å². The van der Waals surface area contributed by atoms with Crippen LogP contribution in [0.15, 0.2) is 30.6 Å². The van der Waals surface area contributed by atoms with Gasteiger partial charge in [0.15, 0.2) is 0 Å². The first-order chi connectivity index (χ1) is 20.3. The number of piperazine rings is 1. The summed E-state index contributed by atoms with van der Waals surface area (Å²) in [5.74, 6) is -0.847. The van der Waals surface area contributed by atoms with Crippen LogP contribution in [0.25, 0.3) is 0 Å². The minimum Gasteiger partial charge on any atom is -0.369 e. The normalized spacial score (nSPS) is 22.0. The van der Waals surface area contributed by atoms with Crippen LogP contribution in [0.5, 0.6) is 0 Å². The molecule has 5 heterocycles. The Labute approximate surface area is 241 Å². The summed E-state index contributed by atoms with van der Waals surface area (Å²) < 4.78 is 0. The van der Waals surface area contributed by atoms with Crippen molar-refractivity contribution in [2.24, 2.45) is 5.92 Å². The fourth-order valence-corrected chi connectivity index (χ4v) is 6.24. The zero-order chi connectivity index (χ0) is 29.4. The molecular weight excluding hydrogens is 544 g/mol. The molecule has 1 aromatic heterocycles. The number of hydrogen-bond acceptors (Lipinski definition) is 11. The fraction of sp³-hybridized carbons (Fsp3) is 0.500. The zero-order valence-electron chi connectivity index (χ0n) is 23.1. The second kappa shape index (κ2) is 11.4. The number of nitrogens with zero attached hydrogens (tertiary/aromatic N) is 7. The average Bonchev–Trinajstić information content (AvgIpc) is 3.25. The van der Waals surface area contributed by atoms with E-state index < -0.39 is 34.6 Å². The summed E-state index contributed by atoms with van der Waals surface area (Å²) in [4.78, 5) is 76.4. The Bertz CT molecular complexity index is 1420. The SMILES string of the molecule is O=C1CCC(N2C(=O)c3ccc(N4CCN(CCC5CCN(c6ncc([N+](=O)[O-])cn6)CC5)CC4)cc3C2=O)C(=O)N1. The van der Waals surface area contributed by atoms with E-state index in [-0.39, 0.29) is 18.5 Å². The highest BCUT2D eigenvalue weighted by atomic mass is 16.6. The molecule has 6 rings (SSSR count). The molecule has 2 aromatic rings. The van der Waals surface area contributed by atoms with Crippen LogP contribution in [-0.4, -0.2) is 100 Å². The minimum absolute atomic E-state index is 0.0929. The number of carbonyl (C=O) groups is 4. The van der Waals surface area contributed by atoms with E-state index in [0.717, 1.165) is 75.7 Å². The number of benzene rings is 1. The van der Waals surface area contributed by atoms with Gasteiger partial charge in [-0.1, -0.05) is 0 Å². The molecule has 4 aliphatic rings. The predicted octanol–water partition coefficient (Wildman–Crippen LogP) is 1.21. The Morgan fingerprint density at radius 2 is 1.57 bits per heavy atom. The van der Waals surface area contributed by atoms with Crippen molar-refractivity contribution in [2.45, 2.75) is 38.1 Å². The molecule has 220 valence electrons. The molecular formula is C28H32N8O6. The van der Waals surface area contributed by atoms with E-state index in [0.29, 0.717) is 23.0 Å². The Hall–Kier alpha value is -4.46. The lowest BCUT2D eigenvalue weighted by Gasteiger charge is -2.37. The second-order valence-electron chi connectivity index (χ2n) is 11.2. The van der Waals surface area contributed by atoms with Crippen molar-refractivity contribution in [3.8, 4) is 0 Å². The summed E-state index contributed by atoms with van der Waals surface area (Å²) in [6.45, 7) is 6.04. The molecule has 14 nitrogen and oxygen atoms in total. The van der Waals surface area contributed by atoms with Crippen LogP contribution < -0.4 is 15.1 Å². The largest absolute Gasteiger partial charge is 0.369 e. The number of fused-ring (bicyclic) bond motifs is 1. The van der Waals surface area contributed by atoms with Crippen molar-refractivity contribution in [2.75, 3.05) is 55.6 Å². The van der Waals surface area contributed by atoms with Crippen LogP contribution in [0.3, 0.4) is 0 Å². The number of hydrogen-bond donors (Lipinski definition) is 1. The first-order valence-electron chi connectivity index (χ1n) is 14.3. The third kappa shape index (κ3) is 5.41. The standard InChI is InChI=1S/C28H32N8O6/c37-24-4-3-23(25(38)31-24)35-26(39)21-2-1-19(15-22(21)27(35)40)33-13-11-32(12-14-33)8-5-18-6-9-34(10-7-18)28-29-16-20(17-30-28)36(41)42/h1-2,15-18,23H,3-14H2,(H,31,37,38). The van der Waals surface area contributed by atoms with Gasteiger partial charge in [0, 0.05) is 51.4 Å². The molecule has 3 fully saturated rings. The molecule has 0 saturated carbocycles. The Morgan fingerprint density at radius 1 is 0.881 bits per heavy atom. The third-order valence-corrected chi connectivity index (χ3v) is 8.75. The van der Waals surface area contributed by atoms with E-state index in [4.69, 9.17) is 0 Å². The van der Waals surface area contributed by atoms with Gasteiger partial charge in [-0.25, -0.2) is 9.97 Å². The predicted molar refractivity (Wildman–Crippen MR) is 150 cm³/mol. The molecule has 1 unspecified atom stereocenters. The first-order valence-corrected chi connectivity index (χ1v) is 14.3. The van der Waals surface area contributed by atoms with Crippen LogP contribution in [0, 0.1) is 16.0 Å². The lowest BCUT2D eigenvalue weighted by molar-refractivity contribution is -0.385. The molecule has 1 N–H and O–H groups in total. The van der Waals surface area contributed by atoms with Gasteiger partial charge >= 0.3 is 5.69 Å². The van der Waals surface area contributed by atoms with Crippen LogP contribution in [0.1, 0.15) is 52.8 Å². The van der Waals surface area contributed by atoms with Crippen LogP contribution in [0.4, 0.5) is 17.3 Å². The molecule has 0 aliphatic carbocycles. The van der Waals surface area contributed by atoms with Crippen LogP contribution >= 0.6 is 0 Å². The van der Waals surface area contributed by atoms with Gasteiger partial charge in [-0.2, -0.15) is 0 Å². The van der Waals surface area contributed by atoms with Gasteiger partial charge in [0.1, 0.15) is 18.4 Å². The molecule has 1 aromatic carbocycles. The average molecular weight is 577 g/mol. The quantitative estimate of drug-likeness (QED) is 0.286. The lowest BCUT2D eigenvalue weighted by atomic mass is 9.93. The van der Waals surface area contributed by atoms with Crippen LogP contribution in [-0.2, 0) is 9.59 Å². The van der Waals surface area contributed by atoms with Gasteiger partial charge in [-0.3, -0.25) is 44.4 Å². The van der Waals surface area contributed by atoms with Crippen molar-refractivity contribution >= 4 is 41.0 Å². The Kier molecular flexibility index (Phi) is 7.54. The summed E-state index contributed by atoms with van der Waals surface area (Å²) in [7, 11) is 0. The summed E-state index contributed by atoms with van der Waals surface area (Å²) in [5.41, 5.74) is 1.36. The molecule has 4 aliphatic heterocycles. The molecule has 42 heavy (non-hydrogen) atoms. The number of aromatic nitrogens is 2. The molecule has 14 heteroatoms. The van der Waals surface area contributed by atoms with Gasteiger partial charge in [0.25, 0.3) is 11.8 Å². The molecule has 0 spiro atoms. The van der Waals surface area contributed by atoms with Gasteiger partial charge in [0.05, 0.1) is 16.1 Å². The lowest BCUT2D eigenvalue weighted by Crippen LogP contribution is -2.54. The number of anilines is 2. The van der Waals surface area contributed by atoms with E-state index in [2.05, 4.69) is 30.0 Å². The summed E-state index contributed by atoms with van der Waals surface area (Å²) in [6.07, 6.45) is 5.89. The van der Waals surface area contributed by atoms with Gasteiger partial charge in [0.2, 0.25) is 17.8 Å². The number of imide groups is 2. The van der Waals surface area contributed by atoms with Crippen LogP contribution in [0.2, 0.25) is 0 Å². The monoisotopic (exact) mass is 576 g/mol. The van der Waals surface area contributed by atoms with E-state index in [1.165, 1.54) is 12.4 Å². The van der Waals surface area contributed by atoms with Crippen molar-refractivity contribution in [1.29, 1.82) is 0 Å². The highest BCUT2D eigenvalue weighted by Gasteiger charge is 2.44. The fourth-order valence-electron chi connectivity index (χ4n) is 6.24. The van der Waals surface area contributed by atoms with Gasteiger partial charge < -0.3 is 9.80 Å². The number of piperidine rings is 2. The van der Waals surface area contributed by atoms with Crippen molar-refractivity contribution in [1.82, 2.24) is 25.1 Å². The Morgan fingerprint density at radius 3 is 2.24 bits per heavy atom. The van der Waals surface area contributed by atoms with E-state index in [1.807, 2.05) is 6.07 Å². The highest BCUT2D eigenvalue weighted by molar-refractivity contribution is 6.23. The van der Waals surface area contributed by atoms with E-state index in [9.17, 15) is 29.3 Å². The topological polar surface area (TPSA) is 162 Å². The number of nitrogens with one attached hydrogen (secondary N) is 1. The van der Waals surface area contributed by atoms with E-state index >= 15 is 0 Å². The second-order valence-corrected chi connectivity index (χ2v) is 11.2. The van der Waals surface area contributed by atoms with E-state index in [1.54, 1.807) is 12.1 Å². The summed E-state index contributed by atoms with van der Waals surface area (Å²) >= 11 is 0. The number of nitro groups is 1. The zero-order valence-corrected chi connectivity index (χ0v) is 23.1. The first kappa shape index (κ1) is 27.7. The highest BCUT2D eigenvalue weighted by Crippen LogP contribution is 2.31. The maximum atomic E-state index is 13.2. The molecule has 3 saturated heterocycles. The Balaban J connectivity index is 0.977. The number of carbonyl (C=O) groups excluding carboxylic acids is 4. The molecule has 0 bridgehead atoms. The van der Waals surface area contributed by atoms with Gasteiger partial charge in [-0.15, -0.1) is 0 Å². The maximum Gasteiger partial charge on any atom is 0.305 e.